The highest BCUT2D eigenvalue weighted by molar-refractivity contribution is 4.93. The highest BCUT2D eigenvalue weighted by atomic mass is 15.1. The molecule has 1 fully saturated rings. The normalized spacial score (nSPS) is 26.4. The van der Waals surface area contributed by atoms with Gasteiger partial charge in [-0.15, -0.1) is 0 Å². The summed E-state index contributed by atoms with van der Waals surface area (Å²) in [5.41, 5.74) is 6.28. The van der Waals surface area contributed by atoms with Gasteiger partial charge in [-0.05, 0) is 63.7 Å². The molecule has 0 spiro atoms. The predicted octanol–water partition coefficient (Wildman–Crippen LogP) is 2.32. The van der Waals surface area contributed by atoms with Crippen molar-refractivity contribution in [1.29, 1.82) is 0 Å². The summed E-state index contributed by atoms with van der Waals surface area (Å²) >= 11 is 0. The van der Waals surface area contributed by atoms with Crippen molar-refractivity contribution in [3.8, 4) is 0 Å². The lowest BCUT2D eigenvalue weighted by Gasteiger charge is -2.36. The molecule has 3 N–H and O–H groups in total. The zero-order chi connectivity index (χ0) is 14.5. The summed E-state index contributed by atoms with van der Waals surface area (Å²) in [5, 5.41) is 3.86. The van der Waals surface area contributed by atoms with Gasteiger partial charge in [-0.2, -0.15) is 0 Å². The molecular formula is C16H35N3. The smallest absolute Gasteiger partial charge is 0.0316 e. The number of hydrogen-bond acceptors (Lipinski definition) is 3. The number of likely N-dealkylation sites (tertiary alicyclic amines) is 1. The predicted molar refractivity (Wildman–Crippen MR) is 84.3 cm³/mol. The Kier molecular flexibility index (Phi) is 6.78. The van der Waals surface area contributed by atoms with Crippen LogP contribution in [0, 0.1) is 17.8 Å². The van der Waals surface area contributed by atoms with Gasteiger partial charge in [0.1, 0.15) is 0 Å². The zero-order valence-electron chi connectivity index (χ0n) is 13.7. The molecule has 0 aliphatic carbocycles. The quantitative estimate of drug-likeness (QED) is 0.777. The van der Waals surface area contributed by atoms with Crippen molar-refractivity contribution in [2.45, 2.75) is 52.5 Å². The number of hydrogen-bond donors (Lipinski definition) is 2. The van der Waals surface area contributed by atoms with Crippen LogP contribution in [-0.2, 0) is 0 Å². The molecular weight excluding hydrogens is 234 g/mol. The second-order valence-electron chi connectivity index (χ2n) is 7.17. The van der Waals surface area contributed by atoms with Crippen molar-refractivity contribution in [3.05, 3.63) is 0 Å². The van der Waals surface area contributed by atoms with Crippen LogP contribution in [0.3, 0.4) is 0 Å². The van der Waals surface area contributed by atoms with Gasteiger partial charge in [0.15, 0.2) is 0 Å². The molecule has 1 heterocycles. The standard InChI is InChI=1S/C16H35N3/c1-13(2)15(14(3)4)11-18-16(12-17)7-6-9-19(5)10-8-16/h13-15,18H,6-12,17H2,1-5H3. The molecule has 1 rings (SSSR count). The Hall–Kier alpha value is -0.120. The number of nitrogens with zero attached hydrogens (tertiary/aromatic N) is 1. The fraction of sp³-hybridized carbons (Fsp3) is 1.00. The van der Waals surface area contributed by atoms with Gasteiger partial charge in [0, 0.05) is 12.1 Å². The van der Waals surface area contributed by atoms with Crippen LogP contribution in [0.4, 0.5) is 0 Å². The molecule has 1 atom stereocenters. The third kappa shape index (κ3) is 5.05. The van der Waals surface area contributed by atoms with Crippen molar-refractivity contribution in [2.75, 3.05) is 33.2 Å². The molecule has 0 aromatic carbocycles. The van der Waals surface area contributed by atoms with Gasteiger partial charge in [0.2, 0.25) is 0 Å². The first-order valence-electron chi connectivity index (χ1n) is 8.04. The van der Waals surface area contributed by atoms with Crippen LogP contribution in [0.15, 0.2) is 0 Å². The van der Waals surface area contributed by atoms with Gasteiger partial charge in [0.05, 0.1) is 0 Å². The Morgan fingerprint density at radius 1 is 1.11 bits per heavy atom. The average molecular weight is 269 g/mol. The van der Waals surface area contributed by atoms with Crippen LogP contribution in [0.25, 0.3) is 0 Å². The monoisotopic (exact) mass is 269 g/mol. The van der Waals surface area contributed by atoms with Crippen molar-refractivity contribution in [2.24, 2.45) is 23.5 Å². The highest BCUT2D eigenvalue weighted by Gasteiger charge is 2.31. The molecule has 1 aliphatic rings. The summed E-state index contributed by atoms with van der Waals surface area (Å²) in [6, 6.07) is 0. The third-order valence-corrected chi connectivity index (χ3v) is 4.98. The molecule has 1 saturated heterocycles. The topological polar surface area (TPSA) is 41.3 Å². The Morgan fingerprint density at radius 2 is 1.74 bits per heavy atom. The van der Waals surface area contributed by atoms with Crippen molar-refractivity contribution >= 4 is 0 Å². The first-order valence-corrected chi connectivity index (χ1v) is 8.04. The van der Waals surface area contributed by atoms with E-state index < -0.39 is 0 Å². The van der Waals surface area contributed by atoms with Crippen LogP contribution in [-0.4, -0.2) is 43.7 Å². The maximum Gasteiger partial charge on any atom is 0.0316 e. The summed E-state index contributed by atoms with van der Waals surface area (Å²) < 4.78 is 0. The number of rotatable bonds is 6. The van der Waals surface area contributed by atoms with E-state index in [0.29, 0.717) is 0 Å². The van der Waals surface area contributed by atoms with Gasteiger partial charge < -0.3 is 16.0 Å². The summed E-state index contributed by atoms with van der Waals surface area (Å²) in [4.78, 5) is 2.43. The van der Waals surface area contributed by atoms with Gasteiger partial charge in [-0.3, -0.25) is 0 Å². The summed E-state index contributed by atoms with van der Waals surface area (Å²) in [7, 11) is 2.22. The van der Waals surface area contributed by atoms with E-state index in [9.17, 15) is 0 Å². The lowest BCUT2D eigenvalue weighted by molar-refractivity contribution is 0.215. The van der Waals surface area contributed by atoms with E-state index in [4.69, 9.17) is 5.73 Å². The SMILES string of the molecule is CC(C)C(CNC1(CN)CCCN(C)CC1)C(C)C. The Balaban J connectivity index is 2.59. The van der Waals surface area contributed by atoms with Gasteiger partial charge in [-0.25, -0.2) is 0 Å². The van der Waals surface area contributed by atoms with Crippen LogP contribution in [0.2, 0.25) is 0 Å². The first-order chi connectivity index (χ1) is 8.90. The maximum absolute atomic E-state index is 6.11. The zero-order valence-corrected chi connectivity index (χ0v) is 13.7. The van der Waals surface area contributed by atoms with Gasteiger partial charge >= 0.3 is 0 Å². The second-order valence-corrected chi connectivity index (χ2v) is 7.17. The fourth-order valence-corrected chi connectivity index (χ4v) is 3.36. The Bertz CT molecular complexity index is 244. The van der Waals surface area contributed by atoms with Crippen LogP contribution in [0.1, 0.15) is 47.0 Å². The highest BCUT2D eigenvalue weighted by Crippen LogP contribution is 2.24. The van der Waals surface area contributed by atoms with E-state index in [0.717, 1.165) is 37.4 Å². The van der Waals surface area contributed by atoms with E-state index >= 15 is 0 Å². The molecule has 1 unspecified atom stereocenters. The molecule has 0 radical (unpaired) electrons. The lowest BCUT2D eigenvalue weighted by atomic mass is 9.83. The van der Waals surface area contributed by atoms with Gasteiger partial charge in [0.25, 0.3) is 0 Å². The van der Waals surface area contributed by atoms with E-state index in [1.807, 2.05) is 0 Å². The Morgan fingerprint density at radius 3 is 2.26 bits per heavy atom. The minimum atomic E-state index is 0.173. The lowest BCUT2D eigenvalue weighted by Crippen LogP contribution is -2.53. The van der Waals surface area contributed by atoms with Crippen molar-refractivity contribution < 1.29 is 0 Å². The van der Waals surface area contributed by atoms with Crippen LogP contribution >= 0.6 is 0 Å². The molecule has 0 saturated carbocycles. The third-order valence-electron chi connectivity index (χ3n) is 4.98. The summed E-state index contributed by atoms with van der Waals surface area (Å²) in [6.07, 6.45) is 3.66. The van der Waals surface area contributed by atoms with Gasteiger partial charge in [-0.1, -0.05) is 27.7 Å². The average Bonchev–Trinajstić information content (AvgIpc) is 2.52. The molecule has 19 heavy (non-hydrogen) atoms. The largest absolute Gasteiger partial charge is 0.329 e. The molecule has 0 aromatic heterocycles. The van der Waals surface area contributed by atoms with Crippen molar-refractivity contribution in [3.63, 3.8) is 0 Å². The summed E-state index contributed by atoms with van der Waals surface area (Å²) in [6.45, 7) is 13.6. The number of nitrogens with one attached hydrogen (secondary N) is 1. The fourth-order valence-electron chi connectivity index (χ4n) is 3.36. The minimum absolute atomic E-state index is 0.173. The molecule has 1 aliphatic heterocycles. The first kappa shape index (κ1) is 16.9. The minimum Gasteiger partial charge on any atom is -0.329 e. The van der Waals surface area contributed by atoms with Crippen LogP contribution in [0.5, 0.6) is 0 Å². The molecule has 0 aromatic rings. The van der Waals surface area contributed by atoms with E-state index in [1.165, 1.54) is 25.8 Å². The second kappa shape index (κ2) is 7.61. The summed E-state index contributed by atoms with van der Waals surface area (Å²) in [5.74, 6) is 2.20. The molecule has 3 heteroatoms. The maximum atomic E-state index is 6.11. The Labute approximate surface area is 120 Å². The molecule has 0 bridgehead atoms. The molecule has 114 valence electrons. The van der Waals surface area contributed by atoms with E-state index in [-0.39, 0.29) is 5.54 Å². The molecule has 3 nitrogen and oxygen atoms in total. The van der Waals surface area contributed by atoms with E-state index in [2.05, 4.69) is 45.0 Å². The van der Waals surface area contributed by atoms with Crippen LogP contribution < -0.4 is 11.1 Å². The molecule has 0 amide bonds. The van der Waals surface area contributed by atoms with Crippen molar-refractivity contribution in [1.82, 2.24) is 10.2 Å². The van der Waals surface area contributed by atoms with E-state index in [1.54, 1.807) is 0 Å². The number of nitrogens with two attached hydrogens (primary N) is 1.